The smallest absolute Gasteiger partial charge is 0.0000472 e. The van der Waals surface area contributed by atoms with Crippen LogP contribution in [0.3, 0.4) is 0 Å². The zero-order valence-corrected chi connectivity index (χ0v) is 68.1. The lowest BCUT2D eigenvalue weighted by Crippen LogP contribution is -2.05. The first-order valence-electron chi connectivity index (χ1n) is 43.3. The van der Waals surface area contributed by atoms with Crippen molar-refractivity contribution in [3.63, 3.8) is 0 Å². The minimum absolute atomic E-state index is 0.693. The largest absolute Gasteiger partial charge is 0.0628 e. The van der Waals surface area contributed by atoms with Crippen molar-refractivity contribution in [1.82, 2.24) is 0 Å². The molecule has 0 aliphatic heterocycles. The van der Waals surface area contributed by atoms with Crippen molar-refractivity contribution in [2.24, 2.45) is 71.0 Å². The van der Waals surface area contributed by atoms with Gasteiger partial charge in [0.25, 0.3) is 0 Å². The van der Waals surface area contributed by atoms with E-state index in [0.29, 0.717) is 35.5 Å². The van der Waals surface area contributed by atoms with E-state index in [1.54, 1.807) is 98.0 Å². The fourth-order valence-corrected chi connectivity index (χ4v) is 20.1. The Hall–Kier alpha value is -5.46. The summed E-state index contributed by atoms with van der Waals surface area (Å²) >= 11 is 0. The van der Waals surface area contributed by atoms with Gasteiger partial charge in [0, 0.05) is 0 Å². The second-order valence-corrected chi connectivity index (χ2v) is 38.5. The fraction of sp³-hybridized carbons (Fsp3) is 0.588. The van der Waals surface area contributed by atoms with Gasteiger partial charge < -0.3 is 0 Å². The Balaban J connectivity index is 1.16. The molecule has 546 valence electrons. The van der Waals surface area contributed by atoms with Crippen molar-refractivity contribution in [2.75, 3.05) is 0 Å². The van der Waals surface area contributed by atoms with Crippen LogP contribution >= 0.6 is 0 Å². The van der Waals surface area contributed by atoms with Crippen LogP contribution in [0, 0.1) is 71.0 Å². The maximum atomic E-state index is 2.79. The molecule has 0 bridgehead atoms. The van der Waals surface area contributed by atoms with Crippen molar-refractivity contribution in [3.8, 4) is 0 Å². The highest BCUT2D eigenvalue weighted by Crippen LogP contribution is 2.61. The Morgan fingerprint density at radius 3 is 0.373 bits per heavy atom. The molecule has 0 fully saturated rings. The molecule has 5 unspecified atom stereocenters. The Morgan fingerprint density at radius 2 is 0.265 bits per heavy atom. The zero-order valence-electron chi connectivity index (χ0n) is 68.1. The second-order valence-electron chi connectivity index (χ2n) is 38.5. The summed E-state index contributed by atoms with van der Waals surface area (Å²) in [4.78, 5) is 0. The topological polar surface area (TPSA) is 0 Å². The van der Waals surface area contributed by atoms with Crippen LogP contribution in [-0.2, 0) is 38.5 Å². The Bertz CT molecular complexity index is 3850. The van der Waals surface area contributed by atoms with E-state index in [4.69, 9.17) is 0 Å². The summed E-state index contributed by atoms with van der Waals surface area (Å²) in [5.41, 5.74) is 9.29. The minimum atomic E-state index is 0.693. The predicted octanol–water partition coefficient (Wildman–Crippen LogP) is 32.5. The summed E-state index contributed by atoms with van der Waals surface area (Å²) in [5.74, 6) is 8.73. The average Bonchev–Trinajstić information content (AvgIpc) is 0.643. The van der Waals surface area contributed by atoms with Gasteiger partial charge in [-0.05, 0) is 311 Å². The molecule has 6 atom stereocenters. The van der Waals surface area contributed by atoms with E-state index in [1.165, 1.54) is 219 Å². The fourth-order valence-electron chi connectivity index (χ4n) is 20.1. The molecule has 102 heavy (non-hydrogen) atoms. The standard InChI is InChI=1S/C102H138/c1-61(2)25-19-31-67(13)37-43-73-49-79-81-51-74(44-38-68(14)32-20-26-62(3)4)53-83-85-55-76(46-40-70(16)34-22-28-64(7)8)57-87-89-59-78(48-42-72(18)36-24-30-66(11)12)60-90-88-58-77(47-41-71(17)35-23-29-65(9)10)56-86-84-54-75(45-39-69(15)33-21-27-63(5)6)52-82-80(50-73)91(79)97-98(92(81)83)100(94(85)87)102(96(89)90)101(95(86)88)99(97)93(82)84/h49-72H,19-48H2,1-18H3/t67-,68?,69?,70?,71?,72?/m1/s1. The van der Waals surface area contributed by atoms with Crippen LogP contribution in [0.1, 0.15) is 312 Å². The first kappa shape index (κ1) is 74.8. The molecule has 0 heteroatoms. The van der Waals surface area contributed by atoms with Gasteiger partial charge in [-0.3, -0.25) is 0 Å². The number of fused-ring (bicyclic) bond motifs is 6. The third-order valence-corrected chi connectivity index (χ3v) is 26.4. The van der Waals surface area contributed by atoms with Crippen molar-refractivity contribution in [3.05, 3.63) is 106 Å². The summed E-state index contributed by atoms with van der Waals surface area (Å²) in [7, 11) is 0. The molecule has 0 aliphatic carbocycles. The first-order chi connectivity index (χ1) is 49.0. The van der Waals surface area contributed by atoms with Crippen LogP contribution < -0.4 is 0 Å². The molecule has 0 spiro atoms. The van der Waals surface area contributed by atoms with Crippen LogP contribution in [0.15, 0.2) is 72.8 Å². The van der Waals surface area contributed by atoms with E-state index in [1.807, 2.05) is 0 Å². The lowest BCUT2D eigenvalue weighted by molar-refractivity contribution is 0.437. The van der Waals surface area contributed by atoms with Gasteiger partial charge in [-0.15, -0.1) is 0 Å². The highest BCUT2D eigenvalue weighted by atomic mass is 14.4. The summed E-state index contributed by atoms with van der Waals surface area (Å²) < 4.78 is 0. The van der Waals surface area contributed by atoms with E-state index in [-0.39, 0.29) is 0 Å². The van der Waals surface area contributed by atoms with Crippen LogP contribution in [0.4, 0.5) is 0 Å². The molecule has 13 aromatic rings. The lowest BCUT2D eigenvalue weighted by Gasteiger charge is -2.30. The monoisotopic (exact) mass is 1360 g/mol. The molecule has 0 aliphatic rings. The highest BCUT2D eigenvalue weighted by Gasteiger charge is 2.33. The summed E-state index contributed by atoms with van der Waals surface area (Å²) in [6, 6.07) is 33.5. The number of benzene rings is 13. The third-order valence-electron chi connectivity index (χ3n) is 26.4. The maximum Gasteiger partial charge on any atom is -0.0000472 e. The molecule has 0 aromatic heterocycles. The Kier molecular flexibility index (Phi) is 23.7. The van der Waals surface area contributed by atoms with Gasteiger partial charge in [0.2, 0.25) is 0 Å². The molecule has 0 N–H and O–H groups in total. The van der Waals surface area contributed by atoms with Gasteiger partial charge in [0.05, 0.1) is 0 Å². The number of hydrogen-bond acceptors (Lipinski definition) is 0. The molecule has 0 heterocycles. The van der Waals surface area contributed by atoms with E-state index >= 15 is 0 Å². The Morgan fingerprint density at radius 1 is 0.147 bits per heavy atom. The zero-order chi connectivity index (χ0) is 71.9. The first-order valence-corrected chi connectivity index (χ1v) is 43.3. The highest BCUT2D eigenvalue weighted by molar-refractivity contribution is 6.61. The Labute approximate surface area is 619 Å². The van der Waals surface area contributed by atoms with Crippen molar-refractivity contribution >= 4 is 129 Å². The molecule has 13 aromatic carbocycles. The summed E-state index contributed by atoms with van der Waals surface area (Å²) in [5, 5.41) is 37.1. The van der Waals surface area contributed by atoms with Crippen molar-refractivity contribution < 1.29 is 0 Å². The van der Waals surface area contributed by atoms with Gasteiger partial charge in [-0.1, -0.05) is 313 Å². The number of hydrogen-bond donors (Lipinski definition) is 0. The van der Waals surface area contributed by atoms with Gasteiger partial charge >= 0.3 is 0 Å². The molecule has 0 nitrogen and oxygen atoms in total. The lowest BCUT2D eigenvalue weighted by atomic mass is 9.72. The van der Waals surface area contributed by atoms with E-state index < -0.39 is 0 Å². The molecule has 0 amide bonds. The van der Waals surface area contributed by atoms with Gasteiger partial charge in [0.1, 0.15) is 0 Å². The second kappa shape index (κ2) is 32.3. The molecular formula is C102H138. The summed E-state index contributed by atoms with van der Waals surface area (Å²) in [6.07, 6.45) is 38.1. The molecule has 0 saturated heterocycles. The number of aryl methyl sites for hydroxylation is 6. The van der Waals surface area contributed by atoms with Gasteiger partial charge in [0.15, 0.2) is 0 Å². The van der Waals surface area contributed by atoms with Crippen LogP contribution in [0.2, 0.25) is 0 Å². The average molecular weight is 1360 g/mol. The quantitative estimate of drug-likeness (QED) is 0.0264. The number of rotatable bonds is 42. The molecule has 0 radical (unpaired) electrons. The van der Waals surface area contributed by atoms with Gasteiger partial charge in [-0.25, -0.2) is 0 Å². The summed E-state index contributed by atoms with van der Waals surface area (Å²) in [6.45, 7) is 44.3. The SMILES string of the molecule is CC(C)CCCC(C)CCc1cc2c3cc(CCC(C)CCCC(C)C)cc4c5cc(CCC(C)CCCC(C)C)cc6c7cc(CC[C@H](C)CCCC(C)C)cc8c9cc(CCC(C)CCCC(C)C)cc%10c%11cc(CCC(C)CCCC(C)C)cc%12c(c1)c2c1c(c34)c(c56)c(c78)c(c%109)c1c%12%11. The molecule has 0 saturated carbocycles. The van der Waals surface area contributed by atoms with E-state index in [2.05, 4.69) is 197 Å². The minimum Gasteiger partial charge on any atom is -0.0628 e. The molecule has 13 rings (SSSR count). The van der Waals surface area contributed by atoms with Crippen molar-refractivity contribution in [1.29, 1.82) is 0 Å². The van der Waals surface area contributed by atoms with Gasteiger partial charge in [-0.2, -0.15) is 0 Å². The molecular weight excluding hydrogens is 1230 g/mol. The van der Waals surface area contributed by atoms with E-state index in [9.17, 15) is 0 Å². The van der Waals surface area contributed by atoms with E-state index in [0.717, 1.165) is 74.0 Å². The van der Waals surface area contributed by atoms with Crippen molar-refractivity contribution in [2.45, 2.75) is 317 Å². The van der Waals surface area contributed by atoms with Crippen LogP contribution in [0.25, 0.3) is 129 Å². The normalized spacial score (nSPS) is 15.1. The predicted molar refractivity (Wildman–Crippen MR) is 461 cm³/mol. The third kappa shape index (κ3) is 15.8. The van der Waals surface area contributed by atoms with Crippen LogP contribution in [-0.4, -0.2) is 0 Å². The van der Waals surface area contributed by atoms with Crippen LogP contribution in [0.5, 0.6) is 0 Å². The maximum absolute atomic E-state index is 2.79.